The van der Waals surface area contributed by atoms with Crippen molar-refractivity contribution < 1.29 is 8.42 Å². The molecule has 1 N–H and O–H groups in total. The monoisotopic (exact) mass is 353 g/mol. The van der Waals surface area contributed by atoms with E-state index in [2.05, 4.69) is 20.7 Å². The van der Waals surface area contributed by atoms with E-state index in [9.17, 15) is 8.42 Å². The first kappa shape index (κ1) is 15.1. The molecule has 3 nitrogen and oxygen atoms in total. The molecule has 0 atom stereocenters. The molecule has 0 saturated carbocycles. The molecule has 2 aromatic carbocycles. The van der Waals surface area contributed by atoms with Crippen molar-refractivity contribution in [3.8, 4) is 0 Å². The zero-order chi connectivity index (χ0) is 14.9. The standard InChI is InChI=1S/C15H16BrNO2S/c1-10-6-13(16)9-14(7-10)17-20(18,19)15-5-4-11(2)12(3)8-15/h4-9,17H,1-3H3. The summed E-state index contributed by atoms with van der Waals surface area (Å²) in [4.78, 5) is 0.276. The lowest BCUT2D eigenvalue weighted by atomic mass is 10.1. The molecule has 0 aliphatic carbocycles. The van der Waals surface area contributed by atoms with E-state index in [1.807, 2.05) is 32.9 Å². The van der Waals surface area contributed by atoms with E-state index in [4.69, 9.17) is 0 Å². The van der Waals surface area contributed by atoms with Crippen molar-refractivity contribution in [1.82, 2.24) is 0 Å². The van der Waals surface area contributed by atoms with Crippen molar-refractivity contribution in [2.45, 2.75) is 25.7 Å². The molecular formula is C15H16BrNO2S. The highest BCUT2D eigenvalue weighted by Gasteiger charge is 2.15. The second-order valence-electron chi connectivity index (χ2n) is 4.87. The van der Waals surface area contributed by atoms with Crippen molar-refractivity contribution in [2.24, 2.45) is 0 Å². The number of benzene rings is 2. The van der Waals surface area contributed by atoms with E-state index < -0.39 is 10.0 Å². The molecule has 0 radical (unpaired) electrons. The van der Waals surface area contributed by atoms with Gasteiger partial charge in [0.05, 0.1) is 10.6 Å². The van der Waals surface area contributed by atoms with Crippen LogP contribution in [0.25, 0.3) is 0 Å². The fraction of sp³-hybridized carbons (Fsp3) is 0.200. The minimum Gasteiger partial charge on any atom is -0.280 e. The first-order valence-corrected chi connectivity index (χ1v) is 8.43. The second-order valence-corrected chi connectivity index (χ2v) is 7.47. The summed E-state index contributed by atoms with van der Waals surface area (Å²) in [6, 6.07) is 10.6. The van der Waals surface area contributed by atoms with Crippen LogP contribution in [0.4, 0.5) is 5.69 Å². The maximum Gasteiger partial charge on any atom is 0.261 e. The van der Waals surface area contributed by atoms with Gasteiger partial charge < -0.3 is 0 Å². The Morgan fingerprint density at radius 3 is 2.25 bits per heavy atom. The fourth-order valence-electron chi connectivity index (χ4n) is 1.89. The van der Waals surface area contributed by atoms with Gasteiger partial charge in [0.2, 0.25) is 0 Å². The average molecular weight is 354 g/mol. The Kier molecular flexibility index (Phi) is 4.20. The van der Waals surface area contributed by atoms with Gasteiger partial charge in [0.1, 0.15) is 0 Å². The van der Waals surface area contributed by atoms with Crippen LogP contribution in [-0.2, 0) is 10.0 Å². The lowest BCUT2D eigenvalue weighted by Crippen LogP contribution is -2.13. The van der Waals surface area contributed by atoms with Crippen LogP contribution in [-0.4, -0.2) is 8.42 Å². The number of rotatable bonds is 3. The van der Waals surface area contributed by atoms with Crippen molar-refractivity contribution >= 4 is 31.6 Å². The molecule has 2 rings (SSSR count). The van der Waals surface area contributed by atoms with E-state index in [0.29, 0.717) is 5.69 Å². The third-order valence-corrected chi connectivity index (χ3v) is 4.92. The van der Waals surface area contributed by atoms with E-state index in [-0.39, 0.29) is 4.90 Å². The zero-order valence-electron chi connectivity index (χ0n) is 11.6. The molecule has 2 aromatic rings. The Labute approximate surface area is 128 Å². The number of aryl methyl sites for hydroxylation is 3. The molecule has 0 saturated heterocycles. The van der Waals surface area contributed by atoms with Gasteiger partial charge in [-0.15, -0.1) is 0 Å². The van der Waals surface area contributed by atoms with Crippen molar-refractivity contribution in [3.05, 3.63) is 57.6 Å². The third kappa shape index (κ3) is 3.41. The minimum atomic E-state index is -3.56. The predicted molar refractivity (Wildman–Crippen MR) is 85.6 cm³/mol. The van der Waals surface area contributed by atoms with Gasteiger partial charge in [-0.05, 0) is 67.8 Å². The Hall–Kier alpha value is -1.33. The zero-order valence-corrected chi connectivity index (χ0v) is 14.0. The molecule has 0 aliphatic heterocycles. The number of anilines is 1. The van der Waals surface area contributed by atoms with Crippen molar-refractivity contribution in [1.29, 1.82) is 0 Å². The molecule has 0 amide bonds. The highest BCUT2D eigenvalue weighted by atomic mass is 79.9. The SMILES string of the molecule is Cc1cc(Br)cc(NS(=O)(=O)c2ccc(C)c(C)c2)c1. The normalized spacial score (nSPS) is 11.4. The van der Waals surface area contributed by atoms with Gasteiger partial charge in [-0.3, -0.25) is 4.72 Å². The van der Waals surface area contributed by atoms with Gasteiger partial charge in [-0.2, -0.15) is 0 Å². The third-order valence-electron chi connectivity index (χ3n) is 3.08. The van der Waals surface area contributed by atoms with Crippen molar-refractivity contribution in [2.75, 3.05) is 4.72 Å². The summed E-state index contributed by atoms with van der Waals surface area (Å²) in [5.74, 6) is 0. The van der Waals surface area contributed by atoms with Crippen LogP contribution in [0, 0.1) is 20.8 Å². The number of hydrogen-bond donors (Lipinski definition) is 1. The van der Waals surface area contributed by atoms with Crippen LogP contribution in [0.3, 0.4) is 0 Å². The topological polar surface area (TPSA) is 46.2 Å². The van der Waals surface area contributed by atoms with Gasteiger partial charge >= 0.3 is 0 Å². The first-order chi connectivity index (χ1) is 9.28. The first-order valence-electron chi connectivity index (χ1n) is 6.15. The van der Waals surface area contributed by atoms with Crippen LogP contribution in [0.5, 0.6) is 0 Å². The fourth-order valence-corrected chi connectivity index (χ4v) is 3.62. The molecule has 0 heterocycles. The Balaban J connectivity index is 2.37. The molecular weight excluding hydrogens is 338 g/mol. The smallest absolute Gasteiger partial charge is 0.261 e. The molecule has 0 fully saturated rings. The highest BCUT2D eigenvalue weighted by Crippen LogP contribution is 2.23. The van der Waals surface area contributed by atoms with Crippen LogP contribution < -0.4 is 4.72 Å². The van der Waals surface area contributed by atoms with E-state index in [1.165, 1.54) is 0 Å². The highest BCUT2D eigenvalue weighted by molar-refractivity contribution is 9.10. The summed E-state index contributed by atoms with van der Waals surface area (Å²) in [5, 5.41) is 0. The Morgan fingerprint density at radius 1 is 0.950 bits per heavy atom. The van der Waals surface area contributed by atoms with Gasteiger partial charge in [-0.25, -0.2) is 8.42 Å². The van der Waals surface area contributed by atoms with Crippen LogP contribution in [0.15, 0.2) is 45.8 Å². The average Bonchev–Trinajstić information content (AvgIpc) is 2.30. The summed E-state index contributed by atoms with van der Waals surface area (Å²) in [5.41, 5.74) is 3.56. The summed E-state index contributed by atoms with van der Waals surface area (Å²) in [6.45, 7) is 5.77. The summed E-state index contributed by atoms with van der Waals surface area (Å²) in [7, 11) is -3.56. The second kappa shape index (κ2) is 5.58. The van der Waals surface area contributed by atoms with E-state index in [1.54, 1.807) is 24.3 Å². The maximum absolute atomic E-state index is 12.4. The van der Waals surface area contributed by atoms with Gasteiger partial charge in [0.25, 0.3) is 10.0 Å². The maximum atomic E-state index is 12.4. The quantitative estimate of drug-likeness (QED) is 0.899. The lowest BCUT2D eigenvalue weighted by Gasteiger charge is -2.10. The summed E-state index contributed by atoms with van der Waals surface area (Å²) < 4.78 is 28.2. The Bertz CT molecular complexity index is 734. The molecule has 0 unspecified atom stereocenters. The molecule has 5 heteroatoms. The van der Waals surface area contributed by atoms with Crippen molar-refractivity contribution in [3.63, 3.8) is 0 Å². The molecule has 0 aliphatic rings. The molecule has 20 heavy (non-hydrogen) atoms. The van der Waals surface area contributed by atoms with Gasteiger partial charge in [-0.1, -0.05) is 22.0 Å². The van der Waals surface area contributed by atoms with E-state index in [0.717, 1.165) is 21.2 Å². The lowest BCUT2D eigenvalue weighted by molar-refractivity contribution is 0.601. The Morgan fingerprint density at radius 2 is 1.65 bits per heavy atom. The number of halogens is 1. The molecule has 0 aromatic heterocycles. The number of hydrogen-bond acceptors (Lipinski definition) is 2. The molecule has 0 bridgehead atoms. The molecule has 0 spiro atoms. The van der Waals surface area contributed by atoms with Crippen LogP contribution >= 0.6 is 15.9 Å². The van der Waals surface area contributed by atoms with E-state index >= 15 is 0 Å². The summed E-state index contributed by atoms with van der Waals surface area (Å²) >= 11 is 3.36. The largest absolute Gasteiger partial charge is 0.280 e. The van der Waals surface area contributed by atoms with Crippen LogP contribution in [0.1, 0.15) is 16.7 Å². The van der Waals surface area contributed by atoms with Crippen LogP contribution in [0.2, 0.25) is 0 Å². The van der Waals surface area contributed by atoms with Gasteiger partial charge in [0, 0.05) is 4.47 Å². The number of sulfonamides is 1. The minimum absolute atomic E-state index is 0.276. The van der Waals surface area contributed by atoms with Gasteiger partial charge in [0.15, 0.2) is 0 Å². The molecule has 106 valence electrons. The predicted octanol–water partition coefficient (Wildman–Crippen LogP) is 4.18. The number of nitrogens with one attached hydrogen (secondary N) is 1. The summed E-state index contributed by atoms with van der Waals surface area (Å²) in [6.07, 6.45) is 0.